The summed E-state index contributed by atoms with van der Waals surface area (Å²) in [5.41, 5.74) is 2.34. The van der Waals surface area contributed by atoms with Crippen molar-refractivity contribution in [2.75, 3.05) is 11.1 Å². The zero-order valence-corrected chi connectivity index (χ0v) is 11.2. The van der Waals surface area contributed by atoms with Gasteiger partial charge >= 0.3 is 0 Å². The third kappa shape index (κ3) is 2.00. The molecule has 0 saturated heterocycles. The molecule has 0 atom stereocenters. The van der Waals surface area contributed by atoms with Crippen LogP contribution >= 0.6 is 27.7 Å². The van der Waals surface area contributed by atoms with Crippen molar-refractivity contribution in [1.29, 1.82) is 0 Å². The number of hydrogen-bond donors (Lipinski definition) is 0. The van der Waals surface area contributed by atoms with E-state index in [9.17, 15) is 0 Å². The van der Waals surface area contributed by atoms with Crippen molar-refractivity contribution in [3.8, 4) is 0 Å². The Labute approximate surface area is 107 Å². The molecule has 0 radical (unpaired) electrons. The number of hydrogen-bond acceptors (Lipinski definition) is 3. The number of fused-ring (bicyclic) bond motifs is 1. The van der Waals surface area contributed by atoms with Gasteiger partial charge in [0.1, 0.15) is 5.52 Å². The second kappa shape index (κ2) is 4.08. The van der Waals surface area contributed by atoms with E-state index in [-0.39, 0.29) is 0 Å². The molecule has 16 heavy (non-hydrogen) atoms. The predicted molar refractivity (Wildman–Crippen MR) is 70.2 cm³/mol. The van der Waals surface area contributed by atoms with Gasteiger partial charge in [0.15, 0.2) is 5.58 Å². The van der Waals surface area contributed by atoms with E-state index in [1.807, 2.05) is 24.3 Å². The van der Waals surface area contributed by atoms with Gasteiger partial charge in [-0.05, 0) is 30.4 Å². The molecule has 0 amide bonds. The Bertz CT molecular complexity index is 473. The highest BCUT2D eigenvalue weighted by atomic mass is 79.9. The number of benzene rings is 1. The molecule has 84 valence electrons. The van der Waals surface area contributed by atoms with E-state index in [2.05, 4.69) is 20.9 Å². The van der Waals surface area contributed by atoms with E-state index in [4.69, 9.17) is 4.42 Å². The number of halogens is 1. The van der Waals surface area contributed by atoms with Crippen molar-refractivity contribution in [2.24, 2.45) is 5.41 Å². The molecule has 1 fully saturated rings. The van der Waals surface area contributed by atoms with E-state index in [0.717, 1.165) is 27.4 Å². The second-order valence-corrected chi connectivity index (χ2v) is 5.86. The van der Waals surface area contributed by atoms with Crippen molar-refractivity contribution >= 4 is 38.8 Å². The summed E-state index contributed by atoms with van der Waals surface area (Å²) in [5.74, 6) is 1.10. The van der Waals surface area contributed by atoms with Crippen LogP contribution in [0.4, 0.5) is 0 Å². The maximum Gasteiger partial charge on any atom is 0.256 e. The maximum atomic E-state index is 5.67. The minimum atomic E-state index is 0.505. The summed E-state index contributed by atoms with van der Waals surface area (Å²) in [4.78, 5) is 4.46. The van der Waals surface area contributed by atoms with Crippen LogP contribution in [0, 0.1) is 5.41 Å². The summed E-state index contributed by atoms with van der Waals surface area (Å²) in [7, 11) is 0. The molecular weight excluding hydrogens is 286 g/mol. The maximum absolute atomic E-state index is 5.67. The average Bonchev–Trinajstić information content (AvgIpc) is 2.98. The lowest BCUT2D eigenvalue weighted by atomic mass is 10.2. The third-order valence-electron chi connectivity index (χ3n) is 3.02. The van der Waals surface area contributed by atoms with Crippen LogP contribution in [0.5, 0.6) is 0 Å². The quantitative estimate of drug-likeness (QED) is 0.628. The van der Waals surface area contributed by atoms with Crippen LogP contribution < -0.4 is 0 Å². The molecule has 0 N–H and O–H groups in total. The van der Waals surface area contributed by atoms with Gasteiger partial charge in [-0.3, -0.25) is 0 Å². The van der Waals surface area contributed by atoms with Crippen LogP contribution in [0.3, 0.4) is 0 Å². The van der Waals surface area contributed by atoms with Crippen molar-refractivity contribution in [3.05, 3.63) is 24.3 Å². The summed E-state index contributed by atoms with van der Waals surface area (Å²) in [5, 5.41) is 1.89. The van der Waals surface area contributed by atoms with Gasteiger partial charge in [-0.15, -0.1) is 0 Å². The Hall–Kier alpha value is -0.480. The van der Waals surface area contributed by atoms with Gasteiger partial charge in [-0.1, -0.05) is 39.8 Å². The Balaban J connectivity index is 1.74. The first-order chi connectivity index (χ1) is 7.81. The minimum Gasteiger partial charge on any atom is -0.431 e. The standard InChI is InChI=1S/C12H12BrNOS/c13-7-12(5-6-12)8-16-11-14-9-3-1-2-4-10(9)15-11/h1-4H,5-8H2. The van der Waals surface area contributed by atoms with E-state index in [1.165, 1.54) is 12.8 Å². The normalized spacial score (nSPS) is 17.8. The van der Waals surface area contributed by atoms with Crippen LogP contribution in [0.15, 0.2) is 33.9 Å². The fourth-order valence-corrected chi connectivity index (χ4v) is 3.77. The molecule has 0 bridgehead atoms. The van der Waals surface area contributed by atoms with Crippen molar-refractivity contribution < 1.29 is 4.42 Å². The first-order valence-corrected chi connectivity index (χ1v) is 7.46. The van der Waals surface area contributed by atoms with Gasteiger partial charge in [-0.25, -0.2) is 4.98 Å². The molecular formula is C12H12BrNOS. The first kappa shape index (κ1) is 10.7. The number of aromatic nitrogens is 1. The molecule has 0 spiro atoms. The van der Waals surface area contributed by atoms with E-state index < -0.39 is 0 Å². The van der Waals surface area contributed by atoms with Crippen LogP contribution in [0.2, 0.25) is 0 Å². The molecule has 3 rings (SSSR count). The molecule has 1 heterocycles. The highest BCUT2D eigenvalue weighted by molar-refractivity contribution is 9.09. The molecule has 2 nitrogen and oxygen atoms in total. The zero-order valence-electron chi connectivity index (χ0n) is 8.78. The molecule has 1 saturated carbocycles. The van der Waals surface area contributed by atoms with Gasteiger partial charge in [0.2, 0.25) is 0 Å². The summed E-state index contributed by atoms with van der Waals surface area (Å²) in [6.45, 7) is 0. The molecule has 1 aromatic heterocycles. The molecule has 2 aromatic rings. The monoisotopic (exact) mass is 297 g/mol. The molecule has 4 heteroatoms. The Morgan fingerprint density at radius 2 is 2.19 bits per heavy atom. The highest BCUT2D eigenvalue weighted by Gasteiger charge is 2.41. The van der Waals surface area contributed by atoms with E-state index in [1.54, 1.807) is 11.8 Å². The summed E-state index contributed by atoms with van der Waals surface area (Å²) < 4.78 is 5.67. The first-order valence-electron chi connectivity index (χ1n) is 5.36. The van der Waals surface area contributed by atoms with Gasteiger partial charge in [0, 0.05) is 11.1 Å². The zero-order chi connectivity index (χ0) is 11.0. The van der Waals surface area contributed by atoms with Crippen LogP contribution in [-0.4, -0.2) is 16.1 Å². The molecule has 0 aliphatic heterocycles. The lowest BCUT2D eigenvalue weighted by Gasteiger charge is -2.07. The van der Waals surface area contributed by atoms with Crippen molar-refractivity contribution in [2.45, 2.75) is 18.1 Å². The second-order valence-electron chi connectivity index (χ2n) is 4.37. The third-order valence-corrected chi connectivity index (χ3v) is 5.38. The lowest BCUT2D eigenvalue weighted by molar-refractivity contribution is 0.488. The van der Waals surface area contributed by atoms with E-state index >= 15 is 0 Å². The number of thioether (sulfide) groups is 1. The fraction of sp³-hybridized carbons (Fsp3) is 0.417. The number of para-hydroxylation sites is 2. The topological polar surface area (TPSA) is 26.0 Å². The largest absolute Gasteiger partial charge is 0.431 e. The lowest BCUT2D eigenvalue weighted by Crippen LogP contribution is -2.04. The van der Waals surface area contributed by atoms with Crippen LogP contribution in [0.1, 0.15) is 12.8 Å². The van der Waals surface area contributed by atoms with Crippen LogP contribution in [0.25, 0.3) is 11.1 Å². The number of rotatable bonds is 4. The highest BCUT2D eigenvalue weighted by Crippen LogP contribution is 2.50. The van der Waals surface area contributed by atoms with Crippen molar-refractivity contribution in [1.82, 2.24) is 4.98 Å². The van der Waals surface area contributed by atoms with E-state index in [0.29, 0.717) is 5.41 Å². The summed E-state index contributed by atoms with van der Waals surface area (Å²) >= 11 is 5.31. The Morgan fingerprint density at radius 1 is 1.38 bits per heavy atom. The molecule has 0 unspecified atom stereocenters. The van der Waals surface area contributed by atoms with Gasteiger partial charge in [-0.2, -0.15) is 0 Å². The van der Waals surface area contributed by atoms with Crippen molar-refractivity contribution in [3.63, 3.8) is 0 Å². The summed E-state index contributed by atoms with van der Waals surface area (Å²) in [6, 6.07) is 7.91. The smallest absolute Gasteiger partial charge is 0.256 e. The van der Waals surface area contributed by atoms with Crippen LogP contribution in [-0.2, 0) is 0 Å². The molecule has 1 aliphatic rings. The SMILES string of the molecule is BrCC1(CSc2nc3ccccc3o2)CC1. The Kier molecular flexibility index (Phi) is 2.72. The minimum absolute atomic E-state index is 0.505. The Morgan fingerprint density at radius 3 is 2.88 bits per heavy atom. The van der Waals surface area contributed by atoms with Gasteiger partial charge in [0.25, 0.3) is 5.22 Å². The number of oxazole rings is 1. The number of nitrogens with zero attached hydrogens (tertiary/aromatic N) is 1. The molecule has 1 aromatic carbocycles. The summed E-state index contributed by atoms with van der Waals surface area (Å²) in [6.07, 6.45) is 2.65. The number of alkyl halides is 1. The van der Waals surface area contributed by atoms with Gasteiger partial charge < -0.3 is 4.42 Å². The molecule has 1 aliphatic carbocycles. The fourth-order valence-electron chi connectivity index (χ4n) is 1.62. The average molecular weight is 298 g/mol. The van der Waals surface area contributed by atoms with Gasteiger partial charge in [0.05, 0.1) is 0 Å². The predicted octanol–water partition coefficient (Wildman–Crippen LogP) is 4.10.